The Labute approximate surface area is 95.4 Å². The Morgan fingerprint density at radius 3 is 2.50 bits per heavy atom. The van der Waals surface area contributed by atoms with Crippen LogP contribution in [0.25, 0.3) is 0 Å². The summed E-state index contributed by atoms with van der Waals surface area (Å²) in [5.41, 5.74) is -0.333. The Balaban J connectivity index is 3.96. The van der Waals surface area contributed by atoms with Gasteiger partial charge in [-0.2, -0.15) is 0 Å². The Hall–Kier alpha value is -1.84. The zero-order valence-electron chi connectivity index (χ0n) is 9.56. The molecule has 0 bridgehead atoms. The molecule has 0 aromatic rings. The topological polar surface area (TPSA) is 66.4 Å². The van der Waals surface area contributed by atoms with Gasteiger partial charge < -0.3 is 10.4 Å². The average Bonchev–Trinajstić information content (AvgIpc) is 2.16. The number of carbonyl (C=O) groups is 2. The standard InChI is InChI=1S/C12H17NO3/c1-9(2)7-5-4-6-8-11(14)13-10(3)12(15)16/h4-6,8-9H,3,7H2,1-2H3,(H,13,14)(H,15,16)/b5-4-,8-6+. The van der Waals surface area contributed by atoms with Crippen molar-refractivity contribution in [1.82, 2.24) is 5.32 Å². The van der Waals surface area contributed by atoms with Crippen LogP contribution in [0.5, 0.6) is 0 Å². The molecule has 0 radical (unpaired) electrons. The number of nitrogens with one attached hydrogen (secondary N) is 1. The van der Waals surface area contributed by atoms with Gasteiger partial charge in [-0.15, -0.1) is 0 Å². The number of aliphatic carboxylic acids is 1. The normalized spacial score (nSPS) is 11.2. The first-order chi connectivity index (χ1) is 7.43. The molecule has 0 rings (SSSR count). The monoisotopic (exact) mass is 223 g/mol. The van der Waals surface area contributed by atoms with E-state index in [2.05, 4.69) is 25.7 Å². The largest absolute Gasteiger partial charge is 0.477 e. The smallest absolute Gasteiger partial charge is 0.351 e. The molecule has 0 aromatic heterocycles. The van der Waals surface area contributed by atoms with Crippen molar-refractivity contribution in [2.75, 3.05) is 0 Å². The second-order valence-electron chi connectivity index (χ2n) is 3.69. The summed E-state index contributed by atoms with van der Waals surface area (Å²) in [6.07, 6.45) is 7.45. The van der Waals surface area contributed by atoms with E-state index >= 15 is 0 Å². The molecular weight excluding hydrogens is 206 g/mol. The van der Waals surface area contributed by atoms with Crippen molar-refractivity contribution < 1.29 is 14.7 Å². The molecule has 4 nitrogen and oxygen atoms in total. The molecule has 0 saturated heterocycles. The van der Waals surface area contributed by atoms with Gasteiger partial charge in [0.2, 0.25) is 5.91 Å². The van der Waals surface area contributed by atoms with Crippen molar-refractivity contribution in [3.63, 3.8) is 0 Å². The van der Waals surface area contributed by atoms with Gasteiger partial charge >= 0.3 is 5.97 Å². The Morgan fingerprint density at radius 1 is 1.38 bits per heavy atom. The van der Waals surface area contributed by atoms with Crippen LogP contribution in [0, 0.1) is 5.92 Å². The van der Waals surface area contributed by atoms with E-state index < -0.39 is 11.9 Å². The van der Waals surface area contributed by atoms with Gasteiger partial charge in [0.25, 0.3) is 0 Å². The highest BCUT2D eigenvalue weighted by Gasteiger charge is 2.04. The molecule has 0 aliphatic rings. The fraction of sp³-hybridized carbons (Fsp3) is 0.333. The molecule has 0 aliphatic carbocycles. The average molecular weight is 223 g/mol. The van der Waals surface area contributed by atoms with E-state index in [1.54, 1.807) is 12.2 Å². The van der Waals surface area contributed by atoms with Crippen molar-refractivity contribution in [3.05, 3.63) is 36.6 Å². The van der Waals surface area contributed by atoms with Crippen LogP contribution in [0.2, 0.25) is 0 Å². The maximum Gasteiger partial charge on any atom is 0.351 e. The molecule has 0 fully saturated rings. The minimum atomic E-state index is -1.24. The lowest BCUT2D eigenvalue weighted by Gasteiger charge is -1.98. The maximum absolute atomic E-state index is 11.1. The van der Waals surface area contributed by atoms with E-state index in [-0.39, 0.29) is 5.70 Å². The van der Waals surface area contributed by atoms with Crippen LogP contribution in [0.4, 0.5) is 0 Å². The summed E-state index contributed by atoms with van der Waals surface area (Å²) in [6, 6.07) is 0. The van der Waals surface area contributed by atoms with Gasteiger partial charge in [-0.3, -0.25) is 4.79 Å². The SMILES string of the molecule is C=C(NC(=O)/C=C/C=C\CC(C)C)C(=O)O. The van der Waals surface area contributed by atoms with Crippen molar-refractivity contribution >= 4 is 11.9 Å². The Kier molecular flexibility index (Phi) is 6.59. The zero-order valence-corrected chi connectivity index (χ0v) is 9.56. The summed E-state index contributed by atoms with van der Waals surface area (Å²) < 4.78 is 0. The minimum absolute atomic E-state index is 0.333. The van der Waals surface area contributed by atoms with Crippen molar-refractivity contribution in [1.29, 1.82) is 0 Å². The number of rotatable bonds is 6. The molecule has 0 unspecified atom stereocenters. The molecule has 2 N–H and O–H groups in total. The van der Waals surface area contributed by atoms with E-state index in [9.17, 15) is 9.59 Å². The fourth-order valence-corrected chi connectivity index (χ4v) is 0.816. The molecule has 1 amide bonds. The van der Waals surface area contributed by atoms with Gasteiger partial charge in [0.15, 0.2) is 0 Å². The van der Waals surface area contributed by atoms with Crippen LogP contribution in [-0.4, -0.2) is 17.0 Å². The fourth-order valence-electron chi connectivity index (χ4n) is 0.816. The molecule has 16 heavy (non-hydrogen) atoms. The number of carboxylic acid groups (broad SMARTS) is 1. The number of amides is 1. The van der Waals surface area contributed by atoms with Gasteiger partial charge in [0, 0.05) is 6.08 Å². The molecule has 88 valence electrons. The number of hydrogen-bond donors (Lipinski definition) is 2. The minimum Gasteiger partial charge on any atom is -0.477 e. The lowest BCUT2D eigenvalue weighted by molar-refractivity contribution is -0.134. The van der Waals surface area contributed by atoms with E-state index in [4.69, 9.17) is 5.11 Å². The lowest BCUT2D eigenvalue weighted by Crippen LogP contribution is -2.24. The molecule has 0 aliphatic heterocycles. The quantitative estimate of drug-likeness (QED) is 0.533. The zero-order chi connectivity index (χ0) is 12.6. The van der Waals surface area contributed by atoms with Crippen LogP contribution in [0.1, 0.15) is 20.3 Å². The van der Waals surface area contributed by atoms with Crippen LogP contribution < -0.4 is 5.32 Å². The van der Waals surface area contributed by atoms with E-state index in [0.717, 1.165) is 6.42 Å². The first-order valence-electron chi connectivity index (χ1n) is 5.00. The summed E-state index contributed by atoms with van der Waals surface area (Å²) in [7, 11) is 0. The summed E-state index contributed by atoms with van der Waals surface area (Å²) >= 11 is 0. The van der Waals surface area contributed by atoms with Crippen molar-refractivity contribution in [3.8, 4) is 0 Å². The highest BCUT2D eigenvalue weighted by atomic mass is 16.4. The van der Waals surface area contributed by atoms with Gasteiger partial charge in [-0.05, 0) is 12.3 Å². The molecule has 0 spiro atoms. The second kappa shape index (κ2) is 7.45. The third-order valence-corrected chi connectivity index (χ3v) is 1.63. The molecule has 0 atom stereocenters. The highest BCUT2D eigenvalue weighted by Crippen LogP contribution is 1.99. The van der Waals surface area contributed by atoms with E-state index in [1.165, 1.54) is 6.08 Å². The molecule has 4 heteroatoms. The first-order valence-corrected chi connectivity index (χ1v) is 5.00. The van der Waals surface area contributed by atoms with Crippen LogP contribution in [0.15, 0.2) is 36.6 Å². The predicted octanol–water partition coefficient (Wildman–Crippen LogP) is 1.86. The number of hydrogen-bond acceptors (Lipinski definition) is 2. The second-order valence-corrected chi connectivity index (χ2v) is 3.69. The molecule has 0 aromatic carbocycles. The third-order valence-electron chi connectivity index (χ3n) is 1.63. The van der Waals surface area contributed by atoms with Crippen LogP contribution >= 0.6 is 0 Å². The maximum atomic E-state index is 11.1. The van der Waals surface area contributed by atoms with Gasteiger partial charge in [0.05, 0.1) is 0 Å². The summed E-state index contributed by atoms with van der Waals surface area (Å²) in [4.78, 5) is 21.4. The number of carbonyl (C=O) groups excluding carboxylic acids is 1. The van der Waals surface area contributed by atoms with Crippen molar-refractivity contribution in [2.45, 2.75) is 20.3 Å². The van der Waals surface area contributed by atoms with Gasteiger partial charge in [0.1, 0.15) is 5.70 Å². The highest BCUT2D eigenvalue weighted by molar-refractivity contribution is 5.96. The van der Waals surface area contributed by atoms with E-state index in [0.29, 0.717) is 5.92 Å². The van der Waals surface area contributed by atoms with Crippen LogP contribution in [0.3, 0.4) is 0 Å². The van der Waals surface area contributed by atoms with E-state index in [1.807, 2.05) is 6.08 Å². The predicted molar refractivity (Wildman–Crippen MR) is 62.7 cm³/mol. The number of carboxylic acids is 1. The summed E-state index contributed by atoms with van der Waals surface area (Å²) in [6.45, 7) is 7.37. The van der Waals surface area contributed by atoms with Gasteiger partial charge in [-0.25, -0.2) is 4.79 Å². The Morgan fingerprint density at radius 2 is 2.00 bits per heavy atom. The third kappa shape index (κ3) is 7.55. The summed E-state index contributed by atoms with van der Waals surface area (Å²) in [5, 5.41) is 10.6. The molecule has 0 saturated carbocycles. The summed E-state index contributed by atoms with van der Waals surface area (Å²) in [5.74, 6) is -1.16. The van der Waals surface area contributed by atoms with Crippen molar-refractivity contribution in [2.24, 2.45) is 5.92 Å². The Bertz CT molecular complexity index is 327. The molecule has 0 heterocycles. The lowest BCUT2D eigenvalue weighted by atomic mass is 10.1. The number of allylic oxidation sites excluding steroid dienone is 3. The first kappa shape index (κ1) is 14.2. The van der Waals surface area contributed by atoms with Crippen LogP contribution in [-0.2, 0) is 9.59 Å². The van der Waals surface area contributed by atoms with Gasteiger partial charge in [-0.1, -0.05) is 38.7 Å². The molecular formula is C12H17NO3.